The van der Waals surface area contributed by atoms with Crippen molar-refractivity contribution >= 4 is 46.0 Å². The summed E-state index contributed by atoms with van der Waals surface area (Å²) < 4.78 is 38.5. The predicted molar refractivity (Wildman–Crippen MR) is 155 cm³/mol. The van der Waals surface area contributed by atoms with Crippen molar-refractivity contribution in [3.05, 3.63) is 88.8 Å². The molecule has 1 saturated heterocycles. The molecule has 0 spiro atoms. The van der Waals surface area contributed by atoms with Gasteiger partial charge < -0.3 is 26.2 Å². The van der Waals surface area contributed by atoms with E-state index in [0.29, 0.717) is 22.1 Å². The van der Waals surface area contributed by atoms with Gasteiger partial charge in [0.1, 0.15) is 9.88 Å². The third kappa shape index (κ3) is 6.67. The number of halogens is 3. The summed E-state index contributed by atoms with van der Waals surface area (Å²) in [5.74, 6) is -0.865. The number of nitrogens with two attached hydrogens (primary N) is 1. The normalized spacial score (nSPS) is 14.1. The van der Waals surface area contributed by atoms with Crippen LogP contribution in [0.25, 0.3) is 10.6 Å². The summed E-state index contributed by atoms with van der Waals surface area (Å²) in [5, 5.41) is 6.38. The second-order valence-electron chi connectivity index (χ2n) is 9.63. The number of anilines is 4. The molecular formula is C29H27F3N6O2S. The molecule has 4 aromatic rings. The van der Waals surface area contributed by atoms with Gasteiger partial charge in [-0.2, -0.15) is 13.2 Å². The summed E-state index contributed by atoms with van der Waals surface area (Å²) in [6.07, 6.45) is -4.48. The Bertz CT molecular complexity index is 1550. The Hall–Kier alpha value is -4.42. The third-order valence-electron chi connectivity index (χ3n) is 6.69. The predicted octanol–water partition coefficient (Wildman–Crippen LogP) is 5.68. The van der Waals surface area contributed by atoms with E-state index in [9.17, 15) is 22.8 Å². The van der Waals surface area contributed by atoms with Crippen molar-refractivity contribution in [2.24, 2.45) is 5.73 Å². The van der Waals surface area contributed by atoms with Crippen LogP contribution in [-0.4, -0.2) is 54.9 Å². The van der Waals surface area contributed by atoms with E-state index in [0.717, 1.165) is 73.2 Å². The Labute approximate surface area is 238 Å². The number of likely N-dealkylation sites (N-methyl/N-ethyl adjacent to an activating group) is 1. The number of rotatable bonds is 7. The largest absolute Gasteiger partial charge is 0.416 e. The first-order chi connectivity index (χ1) is 19.6. The Morgan fingerprint density at radius 3 is 2.24 bits per heavy atom. The first-order valence-electron chi connectivity index (χ1n) is 12.8. The summed E-state index contributed by atoms with van der Waals surface area (Å²) in [4.78, 5) is 34.3. The Balaban J connectivity index is 1.31. The standard InChI is InChI=1S/C29H27F3N6O2S/c1-37-13-15-38(16-14-37)23-11-9-21(10-12-23)34-26-24(25(33)39)41-28(36-26)19-3-2-4-22(17-19)35-27(40)18-5-7-20(8-6-18)29(30,31)32/h2-12,17,34H,13-16H2,1H3,(H2,33,39)(H,35,40). The summed E-state index contributed by atoms with van der Waals surface area (Å²) in [6.45, 7) is 3.91. The zero-order valence-corrected chi connectivity index (χ0v) is 22.9. The van der Waals surface area contributed by atoms with Crippen LogP contribution >= 0.6 is 11.3 Å². The highest BCUT2D eigenvalue weighted by atomic mass is 32.1. The molecular weight excluding hydrogens is 553 g/mol. The lowest BCUT2D eigenvalue weighted by Gasteiger charge is -2.34. The Morgan fingerprint density at radius 1 is 0.927 bits per heavy atom. The molecule has 0 bridgehead atoms. The van der Waals surface area contributed by atoms with Gasteiger partial charge in [0.05, 0.1) is 5.56 Å². The lowest BCUT2D eigenvalue weighted by Crippen LogP contribution is -2.44. The van der Waals surface area contributed by atoms with E-state index in [4.69, 9.17) is 5.73 Å². The number of carbonyl (C=O) groups excluding carboxylic acids is 2. The molecule has 1 fully saturated rings. The molecule has 8 nitrogen and oxygen atoms in total. The number of nitrogens with zero attached hydrogens (tertiary/aromatic N) is 3. The van der Waals surface area contributed by atoms with Gasteiger partial charge >= 0.3 is 6.18 Å². The zero-order valence-electron chi connectivity index (χ0n) is 22.0. The molecule has 0 aliphatic carbocycles. The number of alkyl halides is 3. The minimum atomic E-state index is -4.48. The number of carbonyl (C=O) groups is 2. The average molecular weight is 581 g/mol. The molecule has 0 atom stereocenters. The highest BCUT2D eigenvalue weighted by Crippen LogP contribution is 2.34. The first-order valence-corrected chi connectivity index (χ1v) is 13.6. The summed E-state index contributed by atoms with van der Waals surface area (Å²) in [7, 11) is 2.11. The van der Waals surface area contributed by atoms with Gasteiger partial charge in [-0.15, -0.1) is 11.3 Å². The lowest BCUT2D eigenvalue weighted by molar-refractivity contribution is -0.137. The van der Waals surface area contributed by atoms with Crippen LogP contribution in [0.15, 0.2) is 72.8 Å². The molecule has 0 unspecified atom stereocenters. The number of thiazole rings is 1. The number of hydrogen-bond donors (Lipinski definition) is 3. The van der Waals surface area contributed by atoms with Gasteiger partial charge in [0.25, 0.3) is 11.8 Å². The zero-order chi connectivity index (χ0) is 29.1. The number of aromatic nitrogens is 1. The van der Waals surface area contributed by atoms with E-state index in [1.807, 2.05) is 24.3 Å². The van der Waals surface area contributed by atoms with E-state index in [2.05, 4.69) is 32.5 Å². The maximum Gasteiger partial charge on any atom is 0.416 e. The van der Waals surface area contributed by atoms with Crippen LogP contribution in [0.5, 0.6) is 0 Å². The van der Waals surface area contributed by atoms with Crippen LogP contribution in [0.1, 0.15) is 25.6 Å². The quantitative estimate of drug-likeness (QED) is 0.260. The highest BCUT2D eigenvalue weighted by Gasteiger charge is 2.30. The number of piperazine rings is 1. The monoisotopic (exact) mass is 580 g/mol. The molecule has 1 aliphatic rings. The van der Waals surface area contributed by atoms with Crippen LogP contribution in [0, 0.1) is 0 Å². The fourth-order valence-corrected chi connectivity index (χ4v) is 5.27. The molecule has 12 heteroatoms. The topological polar surface area (TPSA) is 104 Å². The number of hydrogen-bond acceptors (Lipinski definition) is 7. The average Bonchev–Trinajstić information content (AvgIpc) is 3.38. The molecule has 1 aromatic heterocycles. The molecule has 4 N–H and O–H groups in total. The fraction of sp³-hybridized carbons (Fsp3) is 0.207. The number of primary amides is 1. The van der Waals surface area contributed by atoms with Gasteiger partial charge in [-0.3, -0.25) is 9.59 Å². The molecule has 0 radical (unpaired) electrons. The van der Waals surface area contributed by atoms with Gasteiger partial charge in [0, 0.05) is 54.4 Å². The second kappa shape index (κ2) is 11.6. The SMILES string of the molecule is CN1CCN(c2ccc(Nc3nc(-c4cccc(NC(=O)c5ccc(C(F)(F)F)cc5)c4)sc3C(N)=O)cc2)CC1. The molecule has 5 rings (SSSR count). The highest BCUT2D eigenvalue weighted by molar-refractivity contribution is 7.17. The van der Waals surface area contributed by atoms with Crippen molar-refractivity contribution in [3.63, 3.8) is 0 Å². The number of benzene rings is 3. The Morgan fingerprint density at radius 2 is 1.61 bits per heavy atom. The van der Waals surface area contributed by atoms with E-state index in [-0.39, 0.29) is 10.4 Å². The lowest BCUT2D eigenvalue weighted by atomic mass is 10.1. The van der Waals surface area contributed by atoms with Gasteiger partial charge in [0.2, 0.25) is 0 Å². The maximum atomic E-state index is 12.8. The molecule has 212 valence electrons. The summed E-state index contributed by atoms with van der Waals surface area (Å²) in [6, 6.07) is 18.6. The summed E-state index contributed by atoms with van der Waals surface area (Å²) >= 11 is 1.11. The van der Waals surface area contributed by atoms with Crippen molar-refractivity contribution < 1.29 is 22.8 Å². The van der Waals surface area contributed by atoms with Gasteiger partial charge in [-0.1, -0.05) is 12.1 Å². The third-order valence-corrected chi connectivity index (χ3v) is 7.81. The van der Waals surface area contributed by atoms with E-state index < -0.39 is 23.6 Å². The second-order valence-corrected chi connectivity index (χ2v) is 10.6. The molecule has 2 amide bonds. The number of amides is 2. The van der Waals surface area contributed by atoms with E-state index in [1.54, 1.807) is 24.3 Å². The molecule has 0 saturated carbocycles. The number of nitrogens with one attached hydrogen (secondary N) is 2. The van der Waals surface area contributed by atoms with Gasteiger partial charge in [-0.25, -0.2) is 4.98 Å². The first kappa shape index (κ1) is 28.1. The molecule has 1 aliphatic heterocycles. The van der Waals surface area contributed by atoms with Crippen LogP contribution in [0.2, 0.25) is 0 Å². The minimum Gasteiger partial charge on any atom is -0.369 e. The van der Waals surface area contributed by atoms with Gasteiger partial charge in [0.15, 0.2) is 5.82 Å². The molecule has 41 heavy (non-hydrogen) atoms. The molecule has 2 heterocycles. The van der Waals surface area contributed by atoms with Crippen LogP contribution in [0.3, 0.4) is 0 Å². The van der Waals surface area contributed by atoms with Crippen LogP contribution < -0.4 is 21.3 Å². The van der Waals surface area contributed by atoms with E-state index in [1.165, 1.54) is 0 Å². The van der Waals surface area contributed by atoms with Crippen LogP contribution in [0.4, 0.5) is 36.1 Å². The minimum absolute atomic E-state index is 0.0822. The van der Waals surface area contributed by atoms with Crippen molar-refractivity contribution in [2.75, 3.05) is 48.8 Å². The van der Waals surface area contributed by atoms with Crippen molar-refractivity contribution in [2.45, 2.75) is 6.18 Å². The van der Waals surface area contributed by atoms with Crippen molar-refractivity contribution in [3.8, 4) is 10.6 Å². The fourth-order valence-electron chi connectivity index (χ4n) is 4.40. The maximum absolute atomic E-state index is 12.8. The van der Waals surface area contributed by atoms with Crippen LogP contribution in [-0.2, 0) is 6.18 Å². The molecule has 3 aromatic carbocycles. The Kier molecular flexibility index (Phi) is 7.95. The van der Waals surface area contributed by atoms with E-state index >= 15 is 0 Å². The summed E-state index contributed by atoms with van der Waals surface area (Å²) in [5.41, 5.74) is 7.80. The smallest absolute Gasteiger partial charge is 0.369 e. The van der Waals surface area contributed by atoms with Crippen molar-refractivity contribution in [1.29, 1.82) is 0 Å². The van der Waals surface area contributed by atoms with Gasteiger partial charge in [-0.05, 0) is 67.7 Å². The van der Waals surface area contributed by atoms with Crippen molar-refractivity contribution in [1.82, 2.24) is 9.88 Å².